The molecule has 1 nitrogen and oxygen atoms in total. The molecule has 328 valence electrons. The molecule has 0 bridgehead atoms. The Balaban J connectivity index is 0.943. The van der Waals surface area contributed by atoms with Gasteiger partial charge in [-0.3, -0.25) is 0 Å². The first kappa shape index (κ1) is 40.7. The van der Waals surface area contributed by atoms with Crippen molar-refractivity contribution in [3.8, 4) is 33.4 Å². The first-order valence-electron chi connectivity index (χ1n) is 24.2. The van der Waals surface area contributed by atoms with Crippen molar-refractivity contribution >= 4 is 77.4 Å². The van der Waals surface area contributed by atoms with Gasteiger partial charge in [0, 0.05) is 37.2 Å². The fourth-order valence-corrected chi connectivity index (χ4v) is 18.7. The topological polar surface area (TPSA) is 3.24 Å². The molecule has 0 saturated heterocycles. The molecule has 11 aromatic carbocycles. The van der Waals surface area contributed by atoms with Crippen molar-refractivity contribution in [2.45, 2.75) is 5.41 Å². The van der Waals surface area contributed by atoms with Gasteiger partial charge in [-0.2, -0.15) is 0 Å². The summed E-state index contributed by atoms with van der Waals surface area (Å²) in [6.45, 7) is 0. The predicted molar refractivity (Wildman–Crippen MR) is 299 cm³/mol. The summed E-state index contributed by atoms with van der Waals surface area (Å²) in [6.07, 6.45) is 0. The number of fused-ring (bicyclic) bond motifs is 9. The average Bonchev–Trinajstić information content (AvgIpc) is 4.07. The molecule has 1 aliphatic heterocycles. The lowest BCUT2D eigenvalue weighted by Gasteiger charge is -2.35. The number of hydrogen-bond acceptors (Lipinski definition) is 2. The summed E-state index contributed by atoms with van der Waals surface area (Å²) in [5, 5.41) is 8.33. The summed E-state index contributed by atoms with van der Waals surface area (Å²) in [5.74, 6) is 0. The highest BCUT2D eigenvalue weighted by Crippen LogP contribution is 2.57. The van der Waals surface area contributed by atoms with Gasteiger partial charge in [0.15, 0.2) is 8.07 Å². The van der Waals surface area contributed by atoms with Crippen molar-refractivity contribution in [1.82, 2.24) is 0 Å². The number of rotatable bonds is 8. The molecule has 2 aliphatic rings. The molecule has 2 heterocycles. The van der Waals surface area contributed by atoms with Crippen molar-refractivity contribution in [2.75, 3.05) is 4.90 Å². The van der Waals surface area contributed by atoms with Crippen LogP contribution in [-0.2, 0) is 5.41 Å². The largest absolute Gasteiger partial charge is 0.310 e. The molecular weight excluding hydrogens is 879 g/mol. The van der Waals surface area contributed by atoms with Crippen LogP contribution in [0.2, 0.25) is 0 Å². The van der Waals surface area contributed by atoms with Crippen LogP contribution in [-0.4, -0.2) is 8.07 Å². The minimum absolute atomic E-state index is 0.513. The average molecular weight is 924 g/mol. The summed E-state index contributed by atoms with van der Waals surface area (Å²) in [5.41, 5.74) is 15.6. The quantitative estimate of drug-likeness (QED) is 0.137. The molecule has 0 atom stereocenters. The Hall–Kier alpha value is -8.34. The van der Waals surface area contributed by atoms with Gasteiger partial charge in [-0.15, -0.1) is 11.3 Å². The minimum atomic E-state index is -2.64. The Kier molecular flexibility index (Phi) is 9.38. The van der Waals surface area contributed by atoms with E-state index in [0.29, 0.717) is 0 Å². The maximum absolute atomic E-state index is 2.64. The van der Waals surface area contributed by atoms with E-state index in [9.17, 15) is 0 Å². The zero-order valence-electron chi connectivity index (χ0n) is 38.3. The first-order chi connectivity index (χ1) is 34.7. The standard InChI is InChI=1S/C67H45NSSi/c1-4-20-48(21-5-1)67(49-22-6-2-7-23-49)61-31-14-10-27-55(61)56-41-39-51(44-62(56)67)68(52-40-42-58-57-28-11-15-32-63(57)69-64(58)45-52)50-37-35-46(36-38-50)47-19-18-26-54(43-47)70(53-24-8-3-9-25-53)65-33-16-12-29-59(65)60-30-13-17-34-66(60)70/h1-45H. The highest BCUT2D eigenvalue weighted by molar-refractivity contribution is 7.26. The second-order valence-electron chi connectivity index (χ2n) is 18.7. The molecule has 0 saturated carbocycles. The molecule has 12 aromatic rings. The van der Waals surface area contributed by atoms with Crippen molar-refractivity contribution < 1.29 is 0 Å². The molecule has 1 aromatic heterocycles. The third kappa shape index (κ3) is 5.95. The van der Waals surface area contributed by atoms with E-state index in [2.05, 4.69) is 278 Å². The second kappa shape index (κ2) is 16.1. The number of benzene rings is 11. The van der Waals surface area contributed by atoms with E-state index in [-0.39, 0.29) is 0 Å². The van der Waals surface area contributed by atoms with Gasteiger partial charge >= 0.3 is 0 Å². The Labute approximate surface area is 413 Å². The number of thiophene rings is 1. The lowest BCUT2D eigenvalue weighted by Crippen LogP contribution is -2.72. The highest BCUT2D eigenvalue weighted by Gasteiger charge is 2.49. The zero-order chi connectivity index (χ0) is 46.2. The van der Waals surface area contributed by atoms with Crippen LogP contribution < -0.4 is 25.6 Å². The lowest BCUT2D eigenvalue weighted by atomic mass is 9.67. The predicted octanol–water partition coefficient (Wildman–Crippen LogP) is 14.9. The Morgan fingerprint density at radius 1 is 0.314 bits per heavy atom. The maximum Gasteiger partial charge on any atom is 0.180 e. The van der Waals surface area contributed by atoms with Crippen LogP contribution in [0.4, 0.5) is 17.1 Å². The fourth-order valence-electron chi connectivity index (χ4n) is 12.3. The lowest BCUT2D eigenvalue weighted by molar-refractivity contribution is 0.768. The minimum Gasteiger partial charge on any atom is -0.310 e. The van der Waals surface area contributed by atoms with Crippen LogP contribution in [0.1, 0.15) is 22.3 Å². The molecule has 70 heavy (non-hydrogen) atoms. The van der Waals surface area contributed by atoms with Crippen LogP contribution in [0, 0.1) is 0 Å². The molecule has 0 radical (unpaired) electrons. The van der Waals surface area contributed by atoms with Crippen molar-refractivity contribution in [3.05, 3.63) is 295 Å². The molecule has 1 aliphatic carbocycles. The van der Waals surface area contributed by atoms with Gasteiger partial charge in [-0.1, -0.05) is 231 Å². The smallest absolute Gasteiger partial charge is 0.180 e. The Morgan fingerprint density at radius 3 is 1.56 bits per heavy atom. The third-order valence-corrected chi connectivity index (χ3v) is 21.2. The van der Waals surface area contributed by atoms with Gasteiger partial charge in [0.2, 0.25) is 0 Å². The van der Waals surface area contributed by atoms with Gasteiger partial charge in [0.25, 0.3) is 0 Å². The van der Waals surface area contributed by atoms with E-state index in [0.717, 1.165) is 17.1 Å². The van der Waals surface area contributed by atoms with Crippen LogP contribution in [0.3, 0.4) is 0 Å². The normalized spacial score (nSPS) is 13.7. The van der Waals surface area contributed by atoms with Crippen molar-refractivity contribution in [3.63, 3.8) is 0 Å². The molecular formula is C67H45NSSi. The van der Waals surface area contributed by atoms with Crippen LogP contribution in [0.5, 0.6) is 0 Å². The van der Waals surface area contributed by atoms with E-state index in [1.54, 1.807) is 0 Å². The van der Waals surface area contributed by atoms with E-state index < -0.39 is 13.5 Å². The molecule has 0 fully saturated rings. The molecule has 14 rings (SSSR count). The summed E-state index contributed by atoms with van der Waals surface area (Å²) < 4.78 is 2.58. The SMILES string of the molecule is c1ccc(C2(c3ccccc3)c3ccccc3-c3ccc(N(c4ccc(-c5cccc([Si]6(c7ccccc7)c7ccccc7-c7ccccc76)c5)cc4)c4ccc5c(c4)sc4ccccc45)cc32)cc1. The van der Waals surface area contributed by atoms with Crippen LogP contribution in [0.15, 0.2) is 273 Å². The van der Waals surface area contributed by atoms with Crippen LogP contribution in [0.25, 0.3) is 53.6 Å². The van der Waals surface area contributed by atoms with Gasteiger partial charge in [-0.05, 0) is 119 Å². The molecule has 3 heteroatoms. The summed E-state index contributed by atoms with van der Waals surface area (Å²) >= 11 is 1.87. The summed E-state index contributed by atoms with van der Waals surface area (Å²) in [4.78, 5) is 2.47. The second-order valence-corrected chi connectivity index (χ2v) is 23.5. The maximum atomic E-state index is 2.49. The van der Waals surface area contributed by atoms with E-state index in [1.807, 2.05) is 11.3 Å². The number of nitrogens with zero attached hydrogens (tertiary/aromatic N) is 1. The fraction of sp³-hybridized carbons (Fsp3) is 0.0149. The van der Waals surface area contributed by atoms with E-state index in [4.69, 9.17) is 0 Å². The Morgan fingerprint density at radius 2 is 0.843 bits per heavy atom. The highest BCUT2D eigenvalue weighted by atomic mass is 32.1. The summed E-state index contributed by atoms with van der Waals surface area (Å²) in [6, 6.07) is 103. The Bertz CT molecular complexity index is 3870. The first-order valence-corrected chi connectivity index (χ1v) is 27.1. The number of anilines is 3. The third-order valence-electron chi connectivity index (χ3n) is 15.2. The van der Waals surface area contributed by atoms with Crippen molar-refractivity contribution in [2.24, 2.45) is 0 Å². The molecule has 0 spiro atoms. The monoisotopic (exact) mass is 923 g/mol. The summed E-state index contributed by atoms with van der Waals surface area (Å²) in [7, 11) is -2.64. The van der Waals surface area contributed by atoms with E-state index >= 15 is 0 Å². The van der Waals surface area contributed by atoms with Crippen LogP contribution >= 0.6 is 11.3 Å². The number of hydrogen-bond donors (Lipinski definition) is 0. The van der Waals surface area contributed by atoms with Gasteiger partial charge in [-0.25, -0.2) is 0 Å². The molecule has 0 N–H and O–H groups in total. The van der Waals surface area contributed by atoms with Gasteiger partial charge < -0.3 is 4.90 Å². The van der Waals surface area contributed by atoms with E-state index in [1.165, 1.54) is 96.6 Å². The van der Waals surface area contributed by atoms with Gasteiger partial charge in [0.05, 0.1) is 5.41 Å². The molecule has 0 amide bonds. The van der Waals surface area contributed by atoms with Gasteiger partial charge in [0.1, 0.15) is 0 Å². The zero-order valence-corrected chi connectivity index (χ0v) is 40.2. The van der Waals surface area contributed by atoms with Crippen molar-refractivity contribution in [1.29, 1.82) is 0 Å². The molecule has 0 unspecified atom stereocenters.